The molecule has 9 nitrogen and oxygen atoms in total. The van der Waals surface area contributed by atoms with E-state index in [1.165, 1.54) is 21.3 Å². The molecule has 2 aliphatic heterocycles. The number of hydrogen-bond donors (Lipinski definition) is 0. The molecule has 2 aromatic carbocycles. The highest BCUT2D eigenvalue weighted by Gasteiger charge is 2.55. The highest BCUT2D eigenvalue weighted by atomic mass is 16.7. The number of carbonyl (C=O) groups is 2. The maximum absolute atomic E-state index is 13.1. The SMILES string of the molecule is CCOC(=O)C1c2cc3c(cc2[C@@H](c2cc(OC)c(OC)c(OC)c2)[C@H]2C(=O)OC[C@H]12)OCO3. The van der Waals surface area contributed by atoms with Gasteiger partial charge in [0.2, 0.25) is 12.5 Å². The van der Waals surface area contributed by atoms with Gasteiger partial charge in [-0.25, -0.2) is 0 Å². The minimum Gasteiger partial charge on any atom is -0.493 e. The Morgan fingerprint density at radius 3 is 2.18 bits per heavy atom. The standard InChI is InChI=1S/C25H26O9/c1-5-31-24(26)21-14-9-17-16(33-11-34-17)8-13(14)20(22-15(21)10-32-25(22)27)12-6-18(28-2)23(30-4)19(7-12)29-3/h6-9,15,20-22H,5,10-11H2,1-4H3/t15-,20-,21?,22+/m1/s1. The fraction of sp³-hybridized carbons (Fsp3) is 0.440. The lowest BCUT2D eigenvalue weighted by atomic mass is 9.63. The number of rotatable bonds is 6. The molecule has 0 saturated carbocycles. The van der Waals surface area contributed by atoms with Crippen molar-refractivity contribution >= 4 is 11.9 Å². The summed E-state index contributed by atoms with van der Waals surface area (Å²) in [5, 5.41) is 0. The first kappa shape index (κ1) is 22.2. The van der Waals surface area contributed by atoms with Crippen molar-refractivity contribution in [3.8, 4) is 28.7 Å². The first-order valence-corrected chi connectivity index (χ1v) is 11.1. The number of ether oxygens (including phenoxy) is 7. The molecule has 1 fully saturated rings. The molecule has 0 bridgehead atoms. The van der Waals surface area contributed by atoms with Crippen LogP contribution in [0.15, 0.2) is 24.3 Å². The minimum absolute atomic E-state index is 0.0893. The van der Waals surface area contributed by atoms with E-state index in [4.69, 9.17) is 33.2 Å². The molecule has 180 valence electrons. The Hall–Kier alpha value is -3.62. The molecule has 2 heterocycles. The van der Waals surface area contributed by atoms with Gasteiger partial charge in [0.05, 0.1) is 46.4 Å². The number of hydrogen-bond acceptors (Lipinski definition) is 9. The summed E-state index contributed by atoms with van der Waals surface area (Å²) in [6.45, 7) is 2.21. The van der Waals surface area contributed by atoms with E-state index in [-0.39, 0.29) is 31.9 Å². The normalized spacial score (nSPS) is 24.1. The number of benzene rings is 2. The van der Waals surface area contributed by atoms with Crippen molar-refractivity contribution in [3.05, 3.63) is 41.0 Å². The fourth-order valence-corrected chi connectivity index (χ4v) is 5.38. The molecule has 0 spiro atoms. The van der Waals surface area contributed by atoms with Gasteiger partial charge in [-0.3, -0.25) is 9.59 Å². The largest absolute Gasteiger partial charge is 0.493 e. The van der Waals surface area contributed by atoms with Gasteiger partial charge in [0.15, 0.2) is 23.0 Å². The second-order valence-corrected chi connectivity index (χ2v) is 8.32. The van der Waals surface area contributed by atoms with Gasteiger partial charge in [0, 0.05) is 11.8 Å². The van der Waals surface area contributed by atoms with Gasteiger partial charge in [-0.1, -0.05) is 0 Å². The summed E-state index contributed by atoms with van der Waals surface area (Å²) in [5.74, 6) is -0.365. The zero-order valence-corrected chi connectivity index (χ0v) is 19.4. The smallest absolute Gasteiger partial charge is 0.313 e. The van der Waals surface area contributed by atoms with Crippen LogP contribution in [0.4, 0.5) is 0 Å². The number of carbonyl (C=O) groups excluding carboxylic acids is 2. The minimum atomic E-state index is -0.667. The van der Waals surface area contributed by atoms with Crippen LogP contribution >= 0.6 is 0 Å². The predicted molar refractivity (Wildman–Crippen MR) is 118 cm³/mol. The second-order valence-electron chi connectivity index (χ2n) is 8.32. The highest BCUT2D eigenvalue weighted by Crippen LogP contribution is 2.56. The van der Waals surface area contributed by atoms with Gasteiger partial charge in [0.1, 0.15) is 0 Å². The summed E-state index contributed by atoms with van der Waals surface area (Å²) in [5.41, 5.74) is 2.28. The van der Waals surface area contributed by atoms with E-state index < -0.39 is 23.7 Å². The van der Waals surface area contributed by atoms with Crippen molar-refractivity contribution in [2.75, 3.05) is 41.3 Å². The summed E-state index contributed by atoms with van der Waals surface area (Å²) in [6, 6.07) is 7.32. The van der Waals surface area contributed by atoms with Gasteiger partial charge >= 0.3 is 11.9 Å². The Labute approximate surface area is 196 Å². The van der Waals surface area contributed by atoms with E-state index in [1.807, 2.05) is 24.3 Å². The van der Waals surface area contributed by atoms with Crippen LogP contribution < -0.4 is 23.7 Å². The van der Waals surface area contributed by atoms with Crippen LogP contribution in [-0.4, -0.2) is 53.3 Å². The third-order valence-corrected chi connectivity index (χ3v) is 6.77. The fourth-order valence-electron chi connectivity index (χ4n) is 5.38. The molecule has 1 aliphatic carbocycles. The van der Waals surface area contributed by atoms with Crippen LogP contribution in [0.2, 0.25) is 0 Å². The van der Waals surface area contributed by atoms with Gasteiger partial charge in [-0.2, -0.15) is 0 Å². The molecule has 0 radical (unpaired) electrons. The van der Waals surface area contributed by atoms with E-state index in [9.17, 15) is 9.59 Å². The molecular weight excluding hydrogens is 444 g/mol. The summed E-state index contributed by atoms with van der Waals surface area (Å²) < 4.78 is 38.7. The van der Waals surface area contributed by atoms with Crippen molar-refractivity contribution < 1.29 is 42.7 Å². The van der Waals surface area contributed by atoms with Crippen molar-refractivity contribution in [2.24, 2.45) is 11.8 Å². The molecule has 9 heteroatoms. The zero-order chi connectivity index (χ0) is 24.0. The lowest BCUT2D eigenvalue weighted by Crippen LogP contribution is -2.38. The summed E-state index contributed by atoms with van der Waals surface area (Å²) in [7, 11) is 4.61. The van der Waals surface area contributed by atoms with Crippen LogP contribution in [-0.2, 0) is 19.1 Å². The summed E-state index contributed by atoms with van der Waals surface area (Å²) in [6.07, 6.45) is 0. The summed E-state index contributed by atoms with van der Waals surface area (Å²) in [4.78, 5) is 26.2. The Kier molecular flexibility index (Phi) is 5.63. The Balaban J connectivity index is 1.75. The first-order valence-electron chi connectivity index (χ1n) is 11.1. The average Bonchev–Trinajstić information content (AvgIpc) is 3.46. The zero-order valence-electron chi connectivity index (χ0n) is 19.4. The number of fused-ring (bicyclic) bond motifs is 3. The lowest BCUT2D eigenvalue weighted by Gasteiger charge is -2.38. The monoisotopic (exact) mass is 470 g/mol. The third-order valence-electron chi connectivity index (χ3n) is 6.77. The molecule has 1 saturated heterocycles. The van der Waals surface area contributed by atoms with Gasteiger partial charge in [0.25, 0.3) is 0 Å². The second kappa shape index (κ2) is 8.62. The molecule has 5 rings (SSSR count). The third kappa shape index (κ3) is 3.29. The Morgan fingerprint density at radius 2 is 1.59 bits per heavy atom. The first-order chi connectivity index (χ1) is 16.5. The topological polar surface area (TPSA) is 98.8 Å². The van der Waals surface area contributed by atoms with E-state index in [2.05, 4.69) is 0 Å². The van der Waals surface area contributed by atoms with E-state index in [1.54, 1.807) is 6.92 Å². The van der Waals surface area contributed by atoms with Gasteiger partial charge in [-0.05, 0) is 47.9 Å². The maximum Gasteiger partial charge on any atom is 0.313 e. The van der Waals surface area contributed by atoms with Crippen molar-refractivity contribution in [3.63, 3.8) is 0 Å². The van der Waals surface area contributed by atoms with E-state index >= 15 is 0 Å². The molecule has 2 aromatic rings. The van der Waals surface area contributed by atoms with Crippen molar-refractivity contribution in [1.29, 1.82) is 0 Å². The summed E-state index contributed by atoms with van der Waals surface area (Å²) >= 11 is 0. The maximum atomic E-state index is 13.1. The molecule has 0 N–H and O–H groups in total. The van der Waals surface area contributed by atoms with Crippen molar-refractivity contribution in [2.45, 2.75) is 18.8 Å². The highest BCUT2D eigenvalue weighted by molar-refractivity contribution is 5.86. The van der Waals surface area contributed by atoms with Crippen LogP contribution in [0.3, 0.4) is 0 Å². The van der Waals surface area contributed by atoms with E-state index in [0.717, 1.165) is 16.7 Å². The quantitative estimate of drug-likeness (QED) is 0.590. The molecule has 0 aromatic heterocycles. The number of methoxy groups -OCH3 is 3. The molecule has 3 aliphatic rings. The lowest BCUT2D eigenvalue weighted by molar-refractivity contribution is -0.147. The van der Waals surface area contributed by atoms with Gasteiger partial charge < -0.3 is 33.2 Å². The molecule has 0 amide bonds. The van der Waals surface area contributed by atoms with Crippen LogP contribution in [0.25, 0.3) is 0 Å². The Bertz CT molecular complexity index is 1120. The molecular formula is C25H26O9. The van der Waals surface area contributed by atoms with Crippen LogP contribution in [0.5, 0.6) is 28.7 Å². The number of cyclic esters (lactones) is 1. The molecule has 1 unspecified atom stereocenters. The number of esters is 2. The molecule has 4 atom stereocenters. The van der Waals surface area contributed by atoms with Crippen LogP contribution in [0, 0.1) is 11.8 Å². The van der Waals surface area contributed by atoms with Crippen LogP contribution in [0.1, 0.15) is 35.4 Å². The van der Waals surface area contributed by atoms with Crippen molar-refractivity contribution in [1.82, 2.24) is 0 Å². The Morgan fingerprint density at radius 1 is 0.941 bits per heavy atom. The van der Waals surface area contributed by atoms with Gasteiger partial charge in [-0.15, -0.1) is 0 Å². The average molecular weight is 470 g/mol. The molecule has 34 heavy (non-hydrogen) atoms. The predicted octanol–water partition coefficient (Wildman–Crippen LogP) is 3.02. The van der Waals surface area contributed by atoms with E-state index in [0.29, 0.717) is 28.7 Å².